The van der Waals surface area contributed by atoms with Crippen LogP contribution in [-0.4, -0.2) is 25.1 Å². The van der Waals surface area contributed by atoms with E-state index >= 15 is 0 Å². The van der Waals surface area contributed by atoms with Gasteiger partial charge in [-0.1, -0.05) is 139 Å². The Bertz CT molecular complexity index is 1310. The van der Waals surface area contributed by atoms with E-state index in [1.165, 1.54) is 26.3 Å². The van der Waals surface area contributed by atoms with Crippen LogP contribution in [0, 0.1) is 5.92 Å². The molecule has 1 unspecified atom stereocenters. The second-order valence-electron chi connectivity index (χ2n) is 11.1. The Morgan fingerprint density at radius 2 is 0.850 bits per heavy atom. The van der Waals surface area contributed by atoms with Crippen molar-refractivity contribution in [3.8, 4) is 0 Å². The lowest BCUT2D eigenvalue weighted by molar-refractivity contribution is 0.241. The van der Waals surface area contributed by atoms with Crippen LogP contribution in [0.3, 0.4) is 0 Å². The molecule has 0 fully saturated rings. The van der Waals surface area contributed by atoms with Crippen molar-refractivity contribution >= 4 is 41.6 Å². The molecule has 1 N–H and O–H groups in total. The molecule has 0 bridgehead atoms. The van der Waals surface area contributed by atoms with Crippen molar-refractivity contribution in [2.75, 3.05) is 6.16 Å². The molecule has 0 spiro atoms. The standard InChI is InChI=1S/C37H40OPSi/c1-31(2)30-40(35-24-14-6-15-25-35,36-26-16-7-17-27-36)37(38)28-29-39(32-18-8-3-9-19-32,33-20-10-4-11-21-33)34-22-12-5-13-23-34/h3-27,31,37-38H,28-30H2,1-2H3/q+1. The van der Waals surface area contributed by atoms with Crippen LogP contribution in [-0.2, 0) is 0 Å². The molecule has 0 saturated carbocycles. The molecule has 0 saturated heterocycles. The molecule has 5 aromatic carbocycles. The van der Waals surface area contributed by atoms with Gasteiger partial charge in [-0.15, -0.1) is 0 Å². The summed E-state index contributed by atoms with van der Waals surface area (Å²) in [7, 11) is -4.58. The van der Waals surface area contributed by atoms with Gasteiger partial charge in [0.1, 0.15) is 31.2 Å². The van der Waals surface area contributed by atoms with E-state index in [4.69, 9.17) is 0 Å². The maximum atomic E-state index is 12.6. The van der Waals surface area contributed by atoms with Crippen molar-refractivity contribution in [3.05, 3.63) is 152 Å². The summed E-state index contributed by atoms with van der Waals surface area (Å²) in [6, 6.07) is 55.9. The molecule has 0 heterocycles. The molecular weight excluding hydrogens is 519 g/mol. The van der Waals surface area contributed by atoms with Crippen LogP contribution in [0.25, 0.3) is 0 Å². The zero-order valence-corrected chi connectivity index (χ0v) is 25.5. The van der Waals surface area contributed by atoms with Crippen molar-refractivity contribution < 1.29 is 5.11 Å². The van der Waals surface area contributed by atoms with Crippen LogP contribution in [0.4, 0.5) is 0 Å². The number of rotatable bonds is 11. The normalized spacial score (nSPS) is 12.8. The van der Waals surface area contributed by atoms with Crippen molar-refractivity contribution in [3.63, 3.8) is 0 Å². The summed E-state index contributed by atoms with van der Waals surface area (Å²) in [5.41, 5.74) is -0.421. The molecule has 0 aromatic heterocycles. The number of aliphatic hydroxyl groups is 1. The zero-order chi connectivity index (χ0) is 27.8. The van der Waals surface area contributed by atoms with E-state index in [0.717, 1.165) is 18.6 Å². The highest BCUT2D eigenvalue weighted by molar-refractivity contribution is 7.95. The summed E-state index contributed by atoms with van der Waals surface area (Å²) in [5.74, 6) is 0.471. The molecule has 3 heteroatoms. The summed E-state index contributed by atoms with van der Waals surface area (Å²) >= 11 is 0. The van der Waals surface area contributed by atoms with Gasteiger partial charge in [0.05, 0.1) is 11.9 Å². The van der Waals surface area contributed by atoms with Crippen LogP contribution >= 0.6 is 7.26 Å². The minimum absolute atomic E-state index is 0.421. The van der Waals surface area contributed by atoms with Crippen molar-refractivity contribution in [2.45, 2.75) is 32.0 Å². The van der Waals surface area contributed by atoms with Crippen LogP contribution in [0.2, 0.25) is 6.04 Å². The molecule has 1 atom stereocenters. The van der Waals surface area contributed by atoms with Crippen molar-refractivity contribution in [2.24, 2.45) is 5.92 Å². The van der Waals surface area contributed by atoms with E-state index in [1.54, 1.807) is 0 Å². The third-order valence-corrected chi connectivity index (χ3v) is 18.3. The molecule has 0 radical (unpaired) electrons. The van der Waals surface area contributed by atoms with Crippen molar-refractivity contribution in [1.29, 1.82) is 0 Å². The van der Waals surface area contributed by atoms with E-state index in [9.17, 15) is 5.11 Å². The molecule has 40 heavy (non-hydrogen) atoms. The largest absolute Gasteiger partial charge is 0.396 e. The molecule has 5 aromatic rings. The number of aliphatic hydroxyl groups excluding tert-OH is 1. The van der Waals surface area contributed by atoms with Gasteiger partial charge in [-0.05, 0) is 48.4 Å². The Kier molecular flexibility index (Phi) is 9.12. The fourth-order valence-corrected chi connectivity index (χ4v) is 16.4. The fourth-order valence-electron chi connectivity index (χ4n) is 6.48. The lowest BCUT2D eigenvalue weighted by Gasteiger charge is -2.39. The van der Waals surface area contributed by atoms with E-state index in [0.29, 0.717) is 5.92 Å². The van der Waals surface area contributed by atoms with Gasteiger partial charge in [-0.25, -0.2) is 0 Å². The first-order chi connectivity index (χ1) is 19.6. The van der Waals surface area contributed by atoms with Gasteiger partial charge >= 0.3 is 0 Å². The SMILES string of the molecule is CC(C)C[Si](c1ccccc1)(c1ccccc1)C(O)CC[P+](c1ccccc1)(c1ccccc1)c1ccccc1. The highest BCUT2D eigenvalue weighted by Crippen LogP contribution is 2.56. The number of hydrogen-bond donors (Lipinski definition) is 1. The van der Waals surface area contributed by atoms with Crippen LogP contribution < -0.4 is 26.3 Å². The molecule has 0 aliphatic heterocycles. The average Bonchev–Trinajstić information content (AvgIpc) is 3.02. The van der Waals surface area contributed by atoms with Gasteiger partial charge in [0.25, 0.3) is 0 Å². The lowest BCUT2D eigenvalue weighted by atomic mass is 10.3. The topological polar surface area (TPSA) is 20.2 Å². The average molecular weight is 560 g/mol. The van der Waals surface area contributed by atoms with Gasteiger partial charge in [0.15, 0.2) is 0 Å². The first kappa shape index (κ1) is 28.2. The molecule has 0 aliphatic carbocycles. The number of hydrogen-bond acceptors (Lipinski definition) is 1. The van der Waals surface area contributed by atoms with E-state index < -0.39 is 21.1 Å². The fraction of sp³-hybridized carbons (Fsp3) is 0.189. The first-order valence-electron chi connectivity index (χ1n) is 14.4. The Hall–Kier alpha value is -3.29. The maximum absolute atomic E-state index is 12.6. The highest BCUT2D eigenvalue weighted by atomic mass is 31.2. The van der Waals surface area contributed by atoms with Gasteiger partial charge in [-0.3, -0.25) is 0 Å². The van der Waals surface area contributed by atoms with E-state index in [2.05, 4.69) is 166 Å². The Morgan fingerprint density at radius 3 is 1.18 bits per heavy atom. The molecule has 1 nitrogen and oxygen atoms in total. The van der Waals surface area contributed by atoms with Crippen molar-refractivity contribution in [1.82, 2.24) is 0 Å². The summed E-state index contributed by atoms with van der Waals surface area (Å²) in [4.78, 5) is 0. The second-order valence-corrected chi connectivity index (χ2v) is 18.9. The quantitative estimate of drug-likeness (QED) is 0.151. The highest BCUT2D eigenvalue weighted by Gasteiger charge is 2.49. The van der Waals surface area contributed by atoms with Crippen LogP contribution in [0.5, 0.6) is 0 Å². The Morgan fingerprint density at radius 1 is 0.525 bits per heavy atom. The molecule has 0 aliphatic rings. The van der Waals surface area contributed by atoms with Crippen LogP contribution in [0.15, 0.2) is 152 Å². The number of benzene rings is 5. The molecule has 5 rings (SSSR count). The van der Waals surface area contributed by atoms with Crippen LogP contribution in [0.1, 0.15) is 20.3 Å². The van der Waals surface area contributed by atoms with E-state index in [1.807, 2.05) is 0 Å². The summed E-state index contributed by atoms with van der Waals surface area (Å²) in [6.45, 7) is 4.60. The third kappa shape index (κ3) is 5.63. The minimum atomic E-state index is -2.54. The molecular formula is C37H40OPSi+. The van der Waals surface area contributed by atoms with Gasteiger partial charge in [0, 0.05) is 6.42 Å². The Labute approximate surface area is 241 Å². The summed E-state index contributed by atoms with van der Waals surface area (Å²) in [6.07, 6.45) is 1.66. The minimum Gasteiger partial charge on any atom is -0.396 e. The first-order valence-corrected chi connectivity index (χ1v) is 18.7. The molecule has 0 amide bonds. The predicted molar refractivity (Wildman–Crippen MR) is 178 cm³/mol. The molecule has 202 valence electrons. The maximum Gasteiger partial charge on any atom is 0.148 e. The van der Waals surface area contributed by atoms with Gasteiger partial charge < -0.3 is 5.11 Å². The monoisotopic (exact) mass is 559 g/mol. The van der Waals surface area contributed by atoms with Gasteiger partial charge in [-0.2, -0.15) is 0 Å². The van der Waals surface area contributed by atoms with E-state index in [-0.39, 0.29) is 0 Å². The predicted octanol–water partition coefficient (Wildman–Crippen LogP) is 6.19. The zero-order valence-electron chi connectivity index (χ0n) is 23.6. The Balaban J connectivity index is 1.66. The van der Waals surface area contributed by atoms with Gasteiger partial charge in [0.2, 0.25) is 0 Å². The smallest absolute Gasteiger partial charge is 0.148 e. The lowest BCUT2D eigenvalue weighted by Crippen LogP contribution is -2.67. The second kappa shape index (κ2) is 12.9. The summed E-state index contributed by atoms with van der Waals surface area (Å²) in [5, 5.41) is 19.4. The third-order valence-electron chi connectivity index (χ3n) is 8.21. The summed E-state index contributed by atoms with van der Waals surface area (Å²) < 4.78 is 0.